The van der Waals surface area contributed by atoms with Crippen molar-refractivity contribution in [1.29, 1.82) is 0 Å². The van der Waals surface area contributed by atoms with Crippen molar-refractivity contribution < 1.29 is 9.59 Å². The fraction of sp³-hybridized carbons (Fsp3) is 0.882. The molecule has 2 aliphatic carbocycles. The molecule has 0 bridgehead atoms. The summed E-state index contributed by atoms with van der Waals surface area (Å²) in [6, 6.07) is 0.481. The summed E-state index contributed by atoms with van der Waals surface area (Å²) in [5.74, 6) is 1.04. The molecule has 0 spiro atoms. The lowest BCUT2D eigenvalue weighted by Crippen LogP contribution is -2.46. The van der Waals surface area contributed by atoms with Crippen LogP contribution in [0.1, 0.15) is 57.8 Å². The van der Waals surface area contributed by atoms with Gasteiger partial charge in [0.1, 0.15) is 0 Å². The first-order valence-electron chi connectivity index (χ1n) is 8.69. The van der Waals surface area contributed by atoms with Gasteiger partial charge in [-0.3, -0.25) is 9.59 Å². The predicted octanol–water partition coefficient (Wildman–Crippen LogP) is 2.43. The third-order valence-electron chi connectivity index (χ3n) is 5.46. The second-order valence-electron chi connectivity index (χ2n) is 7.23. The number of likely N-dealkylation sites (tertiary alicyclic amines) is 1. The maximum atomic E-state index is 12.9. The van der Waals surface area contributed by atoms with E-state index < -0.39 is 0 Å². The number of hydrogen-bond acceptors (Lipinski definition) is 2. The highest BCUT2D eigenvalue weighted by Gasteiger charge is 2.39. The quantitative estimate of drug-likeness (QED) is 0.798. The van der Waals surface area contributed by atoms with E-state index in [-0.39, 0.29) is 17.7 Å². The first-order chi connectivity index (χ1) is 10.1. The third-order valence-corrected chi connectivity index (χ3v) is 5.46. The molecular weight excluding hydrogens is 264 g/mol. The van der Waals surface area contributed by atoms with E-state index in [1.165, 1.54) is 44.9 Å². The summed E-state index contributed by atoms with van der Waals surface area (Å²) < 4.78 is 0. The van der Waals surface area contributed by atoms with E-state index >= 15 is 0 Å². The highest BCUT2D eigenvalue weighted by molar-refractivity contribution is 5.87. The minimum atomic E-state index is -0.0575. The molecule has 3 fully saturated rings. The summed E-state index contributed by atoms with van der Waals surface area (Å²) in [6.07, 6.45) is 10.2. The fourth-order valence-electron chi connectivity index (χ4n) is 3.84. The van der Waals surface area contributed by atoms with Gasteiger partial charge in [-0.1, -0.05) is 19.3 Å². The van der Waals surface area contributed by atoms with E-state index in [2.05, 4.69) is 4.90 Å². The third kappa shape index (κ3) is 3.58. The summed E-state index contributed by atoms with van der Waals surface area (Å²) in [5, 5.41) is 0. The number of amides is 2. The van der Waals surface area contributed by atoms with E-state index in [1.54, 1.807) is 4.90 Å². The van der Waals surface area contributed by atoms with Gasteiger partial charge in [-0.25, -0.2) is 0 Å². The zero-order chi connectivity index (χ0) is 14.8. The molecule has 1 saturated heterocycles. The highest BCUT2D eigenvalue weighted by Crippen LogP contribution is 2.33. The van der Waals surface area contributed by atoms with Crippen molar-refractivity contribution in [2.75, 3.05) is 20.1 Å². The Morgan fingerprint density at radius 3 is 2.48 bits per heavy atom. The minimum absolute atomic E-state index is 0.0575. The van der Waals surface area contributed by atoms with Crippen molar-refractivity contribution in [1.82, 2.24) is 9.80 Å². The molecule has 0 aromatic rings. The van der Waals surface area contributed by atoms with Crippen LogP contribution in [0.15, 0.2) is 0 Å². The van der Waals surface area contributed by atoms with Crippen molar-refractivity contribution in [2.24, 2.45) is 11.8 Å². The molecule has 0 aromatic heterocycles. The van der Waals surface area contributed by atoms with Gasteiger partial charge in [-0.2, -0.15) is 0 Å². The lowest BCUT2D eigenvalue weighted by atomic mass is 9.88. The van der Waals surface area contributed by atoms with Crippen LogP contribution in [-0.4, -0.2) is 47.8 Å². The van der Waals surface area contributed by atoms with Crippen LogP contribution in [0.5, 0.6) is 0 Å². The topological polar surface area (TPSA) is 40.6 Å². The molecule has 0 aromatic carbocycles. The van der Waals surface area contributed by atoms with Gasteiger partial charge in [0.15, 0.2) is 0 Å². The predicted molar refractivity (Wildman–Crippen MR) is 81.7 cm³/mol. The maximum Gasteiger partial charge on any atom is 0.226 e. The lowest BCUT2D eigenvalue weighted by molar-refractivity contribution is -0.145. The molecule has 3 aliphatic rings. The van der Waals surface area contributed by atoms with Crippen LogP contribution in [0.3, 0.4) is 0 Å². The lowest BCUT2D eigenvalue weighted by Gasteiger charge is -2.35. The molecule has 0 radical (unpaired) electrons. The maximum absolute atomic E-state index is 12.9. The van der Waals surface area contributed by atoms with Crippen LogP contribution in [0.2, 0.25) is 0 Å². The monoisotopic (exact) mass is 292 g/mol. The number of rotatable bonds is 4. The van der Waals surface area contributed by atoms with Gasteiger partial charge < -0.3 is 9.80 Å². The summed E-state index contributed by atoms with van der Waals surface area (Å²) >= 11 is 0. The van der Waals surface area contributed by atoms with Crippen molar-refractivity contribution in [3.63, 3.8) is 0 Å². The Morgan fingerprint density at radius 1 is 1.14 bits per heavy atom. The van der Waals surface area contributed by atoms with Gasteiger partial charge in [0.25, 0.3) is 0 Å². The Bertz CT molecular complexity index is 400. The van der Waals surface area contributed by atoms with Crippen LogP contribution in [-0.2, 0) is 9.59 Å². The van der Waals surface area contributed by atoms with E-state index in [0.29, 0.717) is 18.4 Å². The van der Waals surface area contributed by atoms with E-state index in [4.69, 9.17) is 0 Å². The molecule has 1 atom stereocenters. The zero-order valence-corrected chi connectivity index (χ0v) is 13.2. The van der Waals surface area contributed by atoms with Gasteiger partial charge in [-0.15, -0.1) is 0 Å². The molecule has 2 amide bonds. The number of piperidine rings is 1. The molecule has 0 N–H and O–H groups in total. The molecular formula is C17H28N2O2. The van der Waals surface area contributed by atoms with E-state index in [9.17, 15) is 9.59 Å². The van der Waals surface area contributed by atoms with Crippen LogP contribution in [0, 0.1) is 11.8 Å². The van der Waals surface area contributed by atoms with Crippen molar-refractivity contribution in [2.45, 2.75) is 63.8 Å². The molecule has 118 valence electrons. The Balaban J connectivity index is 1.60. The number of carbonyl (C=O) groups excluding carboxylic acids is 2. The number of carbonyl (C=O) groups is 2. The normalized spacial score (nSPS) is 27.8. The van der Waals surface area contributed by atoms with Gasteiger partial charge >= 0.3 is 0 Å². The Labute approximate surface area is 127 Å². The molecule has 4 heteroatoms. The van der Waals surface area contributed by atoms with E-state index in [1.807, 2.05) is 7.05 Å². The van der Waals surface area contributed by atoms with Crippen LogP contribution >= 0.6 is 0 Å². The van der Waals surface area contributed by atoms with Gasteiger partial charge in [0.2, 0.25) is 11.8 Å². The molecule has 3 rings (SSSR count). The average molecular weight is 292 g/mol. The molecule has 21 heavy (non-hydrogen) atoms. The number of nitrogens with zero attached hydrogens (tertiary/aromatic N) is 2. The summed E-state index contributed by atoms with van der Waals surface area (Å²) in [5.41, 5.74) is 0. The summed E-state index contributed by atoms with van der Waals surface area (Å²) in [4.78, 5) is 28.6. The second-order valence-corrected chi connectivity index (χ2v) is 7.23. The Kier molecular flexibility index (Phi) is 4.51. The largest absolute Gasteiger partial charge is 0.346 e. The van der Waals surface area contributed by atoms with Crippen molar-refractivity contribution in [3.8, 4) is 0 Å². The van der Waals surface area contributed by atoms with Crippen molar-refractivity contribution >= 4 is 11.8 Å². The van der Waals surface area contributed by atoms with Gasteiger partial charge in [0.05, 0.1) is 0 Å². The van der Waals surface area contributed by atoms with Crippen LogP contribution < -0.4 is 0 Å². The van der Waals surface area contributed by atoms with Gasteiger partial charge in [0, 0.05) is 38.5 Å². The van der Waals surface area contributed by atoms with Gasteiger partial charge in [-0.05, 0) is 38.0 Å². The van der Waals surface area contributed by atoms with Crippen LogP contribution in [0.25, 0.3) is 0 Å². The van der Waals surface area contributed by atoms with Crippen molar-refractivity contribution in [3.05, 3.63) is 0 Å². The number of hydrogen-bond donors (Lipinski definition) is 0. The Hall–Kier alpha value is -1.06. The molecule has 0 unspecified atom stereocenters. The minimum Gasteiger partial charge on any atom is -0.346 e. The fourth-order valence-corrected chi connectivity index (χ4v) is 3.84. The average Bonchev–Trinajstić information content (AvgIpc) is 3.33. The molecule has 1 heterocycles. The summed E-state index contributed by atoms with van der Waals surface area (Å²) in [7, 11) is 1.84. The molecule has 1 aliphatic heterocycles. The first kappa shape index (κ1) is 14.9. The zero-order valence-electron chi connectivity index (χ0n) is 13.2. The summed E-state index contributed by atoms with van der Waals surface area (Å²) in [6.45, 7) is 1.68. The molecule has 4 nitrogen and oxygen atoms in total. The second kappa shape index (κ2) is 6.37. The smallest absolute Gasteiger partial charge is 0.226 e. The first-order valence-corrected chi connectivity index (χ1v) is 8.69. The Morgan fingerprint density at radius 2 is 1.86 bits per heavy atom. The standard InChI is InChI=1S/C17H28N2O2/c1-18-10-9-14(11-16(18)20)17(21)19(15-7-8-15)12-13-5-3-2-4-6-13/h13-15H,2-12H2,1H3/t14-/m1/s1. The highest BCUT2D eigenvalue weighted by atomic mass is 16.2. The molecule has 2 saturated carbocycles. The SMILES string of the molecule is CN1CC[C@@H](C(=O)N(CC2CCCCC2)C2CC2)CC1=O. The van der Waals surface area contributed by atoms with Crippen LogP contribution in [0.4, 0.5) is 0 Å². The van der Waals surface area contributed by atoms with E-state index in [0.717, 1.165) is 19.5 Å².